The molecule has 2 aliphatic heterocycles. The van der Waals surface area contributed by atoms with Crippen LogP contribution >= 0.6 is 0 Å². The predicted octanol–water partition coefficient (Wildman–Crippen LogP) is 3.42. The normalized spacial score (nSPS) is 18.9. The molecular formula is C20H21FN2O3. The first-order valence-electron chi connectivity index (χ1n) is 8.84. The zero-order chi connectivity index (χ0) is 18.0. The van der Waals surface area contributed by atoms with Gasteiger partial charge in [-0.25, -0.2) is 4.39 Å². The van der Waals surface area contributed by atoms with Gasteiger partial charge in [-0.2, -0.15) is 0 Å². The lowest BCUT2D eigenvalue weighted by Gasteiger charge is -2.38. The van der Waals surface area contributed by atoms with Gasteiger partial charge < -0.3 is 19.7 Å². The number of hydrogen-bond donors (Lipinski definition) is 1. The van der Waals surface area contributed by atoms with Crippen molar-refractivity contribution >= 4 is 17.3 Å². The van der Waals surface area contributed by atoms with E-state index >= 15 is 0 Å². The van der Waals surface area contributed by atoms with E-state index in [9.17, 15) is 9.18 Å². The van der Waals surface area contributed by atoms with Gasteiger partial charge in [-0.1, -0.05) is 12.1 Å². The van der Waals surface area contributed by atoms with Crippen molar-refractivity contribution in [3.8, 4) is 0 Å². The lowest BCUT2D eigenvalue weighted by molar-refractivity contribution is -0.169. The first kappa shape index (κ1) is 17.0. The van der Waals surface area contributed by atoms with Gasteiger partial charge in [-0.3, -0.25) is 4.79 Å². The van der Waals surface area contributed by atoms with Crippen LogP contribution in [-0.2, 0) is 9.47 Å². The largest absolute Gasteiger partial charge is 0.371 e. The van der Waals surface area contributed by atoms with E-state index in [0.717, 1.165) is 31.6 Å². The summed E-state index contributed by atoms with van der Waals surface area (Å²) in [5, 5.41) is 2.73. The highest BCUT2D eigenvalue weighted by Gasteiger charge is 2.39. The number of carbonyl (C=O) groups is 1. The number of carbonyl (C=O) groups excluding carboxylic acids is 1. The first-order chi connectivity index (χ1) is 12.7. The fourth-order valence-electron chi connectivity index (χ4n) is 3.49. The fourth-order valence-corrected chi connectivity index (χ4v) is 3.49. The molecule has 6 heteroatoms. The number of benzene rings is 2. The summed E-state index contributed by atoms with van der Waals surface area (Å²) in [6.07, 6.45) is 1.69. The van der Waals surface area contributed by atoms with Gasteiger partial charge in [0.25, 0.3) is 5.91 Å². The van der Waals surface area contributed by atoms with Crippen molar-refractivity contribution < 1.29 is 18.7 Å². The van der Waals surface area contributed by atoms with Crippen LogP contribution in [0, 0.1) is 5.82 Å². The Morgan fingerprint density at radius 2 is 1.65 bits per heavy atom. The highest BCUT2D eigenvalue weighted by atomic mass is 19.1. The van der Waals surface area contributed by atoms with Crippen molar-refractivity contribution in [3.05, 3.63) is 59.9 Å². The number of halogens is 1. The molecule has 1 N–H and O–H groups in total. The van der Waals surface area contributed by atoms with Gasteiger partial charge in [-0.05, 0) is 36.4 Å². The van der Waals surface area contributed by atoms with Crippen LogP contribution in [0.15, 0.2) is 48.5 Å². The van der Waals surface area contributed by atoms with E-state index in [2.05, 4.69) is 10.2 Å². The molecule has 2 fully saturated rings. The monoisotopic (exact) mass is 356 g/mol. The molecule has 1 spiro atoms. The molecule has 2 aliphatic rings. The van der Waals surface area contributed by atoms with E-state index in [1.54, 1.807) is 12.1 Å². The van der Waals surface area contributed by atoms with Gasteiger partial charge in [0, 0.05) is 37.3 Å². The van der Waals surface area contributed by atoms with Gasteiger partial charge >= 0.3 is 0 Å². The van der Waals surface area contributed by atoms with E-state index in [1.165, 1.54) is 12.1 Å². The third-order valence-corrected chi connectivity index (χ3v) is 4.95. The number of rotatable bonds is 3. The lowest BCUT2D eigenvalue weighted by atomic mass is 10.0. The molecule has 0 saturated carbocycles. The highest BCUT2D eigenvalue weighted by molar-refractivity contribution is 6.04. The molecule has 5 nitrogen and oxygen atoms in total. The third-order valence-electron chi connectivity index (χ3n) is 4.95. The molecule has 2 aromatic rings. The SMILES string of the molecule is O=C(Nc1ccc(N2CCC3(CC2)OCCO3)cc1)c1ccccc1F. The summed E-state index contributed by atoms with van der Waals surface area (Å²) < 4.78 is 25.2. The van der Waals surface area contributed by atoms with Crippen molar-refractivity contribution in [1.29, 1.82) is 0 Å². The Bertz CT molecular complexity index is 778. The Labute approximate surface area is 151 Å². The number of anilines is 2. The summed E-state index contributed by atoms with van der Waals surface area (Å²) in [4.78, 5) is 14.5. The molecule has 0 atom stereocenters. The molecule has 0 bridgehead atoms. The molecule has 26 heavy (non-hydrogen) atoms. The standard InChI is InChI=1S/C20H21FN2O3/c21-18-4-2-1-3-17(18)19(24)22-15-5-7-16(8-6-15)23-11-9-20(10-12-23)25-13-14-26-20/h1-8H,9-14H2,(H,22,24). The summed E-state index contributed by atoms with van der Waals surface area (Å²) in [5.41, 5.74) is 1.76. The van der Waals surface area contributed by atoms with E-state index in [1.807, 2.05) is 24.3 Å². The molecule has 2 saturated heterocycles. The summed E-state index contributed by atoms with van der Waals surface area (Å²) in [6, 6.07) is 13.5. The highest BCUT2D eigenvalue weighted by Crippen LogP contribution is 2.33. The van der Waals surface area contributed by atoms with Crippen LogP contribution in [0.1, 0.15) is 23.2 Å². The van der Waals surface area contributed by atoms with Crippen LogP contribution < -0.4 is 10.2 Å². The van der Waals surface area contributed by atoms with Gasteiger partial charge in [0.05, 0.1) is 18.8 Å². The van der Waals surface area contributed by atoms with E-state index in [4.69, 9.17) is 9.47 Å². The second-order valence-corrected chi connectivity index (χ2v) is 6.58. The zero-order valence-corrected chi connectivity index (χ0v) is 14.4. The molecule has 0 aliphatic carbocycles. The number of piperidine rings is 1. The van der Waals surface area contributed by atoms with Gasteiger partial charge in [-0.15, -0.1) is 0 Å². The number of amides is 1. The van der Waals surface area contributed by atoms with Crippen molar-refractivity contribution in [1.82, 2.24) is 0 Å². The smallest absolute Gasteiger partial charge is 0.258 e. The van der Waals surface area contributed by atoms with Gasteiger partial charge in [0.2, 0.25) is 0 Å². The number of nitrogens with zero attached hydrogens (tertiary/aromatic N) is 1. The molecule has 0 radical (unpaired) electrons. The molecule has 0 aromatic heterocycles. The average molecular weight is 356 g/mol. The maximum atomic E-state index is 13.7. The van der Waals surface area contributed by atoms with E-state index in [-0.39, 0.29) is 11.4 Å². The molecular weight excluding hydrogens is 335 g/mol. The van der Waals surface area contributed by atoms with Crippen molar-refractivity contribution in [3.63, 3.8) is 0 Å². The first-order valence-corrected chi connectivity index (χ1v) is 8.84. The van der Waals surface area contributed by atoms with E-state index < -0.39 is 11.7 Å². The molecule has 136 valence electrons. The fraction of sp³-hybridized carbons (Fsp3) is 0.350. The predicted molar refractivity (Wildman–Crippen MR) is 96.9 cm³/mol. The Balaban J connectivity index is 1.38. The van der Waals surface area contributed by atoms with E-state index in [0.29, 0.717) is 18.9 Å². The minimum atomic E-state index is -0.528. The zero-order valence-electron chi connectivity index (χ0n) is 14.4. The average Bonchev–Trinajstić information content (AvgIpc) is 3.11. The van der Waals surface area contributed by atoms with Crippen LogP contribution in [0.3, 0.4) is 0 Å². The summed E-state index contributed by atoms with van der Waals surface area (Å²) in [5.74, 6) is -1.36. The molecule has 0 unspecified atom stereocenters. The van der Waals surface area contributed by atoms with Crippen molar-refractivity contribution in [2.24, 2.45) is 0 Å². The maximum absolute atomic E-state index is 13.7. The maximum Gasteiger partial charge on any atom is 0.258 e. The summed E-state index contributed by atoms with van der Waals surface area (Å²) in [6.45, 7) is 3.08. The third kappa shape index (κ3) is 3.43. The summed E-state index contributed by atoms with van der Waals surface area (Å²) in [7, 11) is 0. The summed E-state index contributed by atoms with van der Waals surface area (Å²) >= 11 is 0. The number of nitrogens with one attached hydrogen (secondary N) is 1. The van der Waals surface area contributed by atoms with Crippen LogP contribution in [0.25, 0.3) is 0 Å². The minimum Gasteiger partial charge on any atom is -0.371 e. The van der Waals surface area contributed by atoms with Crippen LogP contribution in [0.2, 0.25) is 0 Å². The van der Waals surface area contributed by atoms with Crippen LogP contribution in [0.5, 0.6) is 0 Å². The van der Waals surface area contributed by atoms with Crippen molar-refractivity contribution in [2.45, 2.75) is 18.6 Å². The second-order valence-electron chi connectivity index (χ2n) is 6.58. The van der Waals surface area contributed by atoms with Crippen LogP contribution in [0.4, 0.5) is 15.8 Å². The topological polar surface area (TPSA) is 50.8 Å². The number of hydrogen-bond acceptors (Lipinski definition) is 4. The molecule has 2 aromatic carbocycles. The number of ether oxygens (including phenoxy) is 2. The quantitative estimate of drug-likeness (QED) is 0.916. The molecule has 2 heterocycles. The molecule has 4 rings (SSSR count). The Hall–Kier alpha value is -2.44. The van der Waals surface area contributed by atoms with Gasteiger partial charge in [0.1, 0.15) is 5.82 Å². The Morgan fingerprint density at radius 1 is 1.00 bits per heavy atom. The second kappa shape index (κ2) is 7.05. The lowest BCUT2D eigenvalue weighted by Crippen LogP contribution is -2.45. The van der Waals surface area contributed by atoms with Crippen molar-refractivity contribution in [2.75, 3.05) is 36.5 Å². The minimum absolute atomic E-state index is 0.0365. The Morgan fingerprint density at radius 3 is 2.31 bits per heavy atom. The molecule has 1 amide bonds. The van der Waals surface area contributed by atoms with Crippen LogP contribution in [-0.4, -0.2) is 38.0 Å². The Kier molecular flexibility index (Phi) is 4.61. The van der Waals surface area contributed by atoms with Gasteiger partial charge in [0.15, 0.2) is 5.79 Å².